The lowest BCUT2D eigenvalue weighted by molar-refractivity contribution is -0.192. The van der Waals surface area contributed by atoms with Crippen molar-refractivity contribution >= 4 is 0 Å². The summed E-state index contributed by atoms with van der Waals surface area (Å²) in [6, 6.07) is 0.184. The number of piperidine rings is 1. The fourth-order valence-corrected chi connectivity index (χ4v) is 2.84. The van der Waals surface area contributed by atoms with Crippen LogP contribution in [0.1, 0.15) is 25.7 Å². The van der Waals surface area contributed by atoms with Gasteiger partial charge in [0.1, 0.15) is 6.17 Å². The second-order valence-electron chi connectivity index (χ2n) is 4.80. The lowest BCUT2D eigenvalue weighted by atomic mass is 9.87. The third-order valence-corrected chi connectivity index (χ3v) is 4.00. The Kier molecular flexibility index (Phi) is 2.45. The first-order valence-electron chi connectivity index (χ1n) is 5.95. The quantitative estimate of drug-likeness (QED) is 0.658. The highest BCUT2D eigenvalue weighted by Gasteiger charge is 2.44. The number of nitrogens with zero attached hydrogens (tertiary/aromatic N) is 1. The third kappa shape index (κ3) is 1.69. The van der Waals surface area contributed by atoms with Crippen LogP contribution in [0.5, 0.6) is 0 Å². The van der Waals surface area contributed by atoms with Crippen LogP contribution in [0.25, 0.3) is 0 Å². The Balaban J connectivity index is 1.56. The minimum Gasteiger partial charge on any atom is -0.347 e. The molecule has 2 saturated heterocycles. The molecule has 3 fully saturated rings. The van der Waals surface area contributed by atoms with Crippen LogP contribution in [-0.4, -0.2) is 49.2 Å². The van der Waals surface area contributed by atoms with E-state index >= 15 is 0 Å². The van der Waals surface area contributed by atoms with E-state index < -0.39 is 6.17 Å². The highest BCUT2D eigenvalue weighted by Crippen LogP contribution is 2.36. The largest absolute Gasteiger partial charge is 0.347 e. The fraction of sp³-hybridized carbons (Fsp3) is 1.00. The van der Waals surface area contributed by atoms with Gasteiger partial charge >= 0.3 is 0 Å². The second kappa shape index (κ2) is 3.68. The van der Waals surface area contributed by atoms with Crippen molar-refractivity contribution < 1.29 is 13.9 Å². The maximum atomic E-state index is 13.2. The molecule has 0 bridgehead atoms. The molecule has 2 atom stereocenters. The standard InChI is InChI=1S/C11H18FNO2/c12-9-1-2-10(9)13-5-3-11(4-6-13)14-7-8-15-11/h9-10H,1-8H2. The normalized spacial score (nSPS) is 40.6. The van der Waals surface area contributed by atoms with Crippen molar-refractivity contribution in [2.24, 2.45) is 0 Å². The van der Waals surface area contributed by atoms with Crippen molar-refractivity contribution in [3.63, 3.8) is 0 Å². The molecule has 86 valence electrons. The zero-order valence-corrected chi connectivity index (χ0v) is 8.95. The number of hydrogen-bond donors (Lipinski definition) is 0. The van der Waals surface area contributed by atoms with Gasteiger partial charge < -0.3 is 9.47 Å². The number of rotatable bonds is 1. The molecule has 1 aliphatic carbocycles. The number of ether oxygens (including phenoxy) is 2. The number of likely N-dealkylation sites (tertiary alicyclic amines) is 1. The third-order valence-electron chi connectivity index (χ3n) is 4.00. The van der Waals surface area contributed by atoms with E-state index in [0.717, 1.165) is 52.0 Å². The van der Waals surface area contributed by atoms with Crippen LogP contribution in [0.3, 0.4) is 0 Å². The zero-order chi connectivity index (χ0) is 10.3. The first-order valence-corrected chi connectivity index (χ1v) is 5.95. The molecule has 2 aliphatic heterocycles. The predicted molar refractivity (Wildman–Crippen MR) is 53.4 cm³/mol. The average Bonchev–Trinajstić information content (AvgIpc) is 2.68. The van der Waals surface area contributed by atoms with Crippen LogP contribution in [-0.2, 0) is 9.47 Å². The Morgan fingerprint density at radius 3 is 2.20 bits per heavy atom. The van der Waals surface area contributed by atoms with Gasteiger partial charge in [-0.05, 0) is 12.8 Å². The van der Waals surface area contributed by atoms with Crippen LogP contribution < -0.4 is 0 Å². The van der Waals surface area contributed by atoms with E-state index in [4.69, 9.17) is 9.47 Å². The Labute approximate surface area is 89.5 Å². The Morgan fingerprint density at radius 2 is 1.73 bits per heavy atom. The number of halogens is 1. The molecule has 3 nitrogen and oxygen atoms in total. The summed E-state index contributed by atoms with van der Waals surface area (Å²) >= 11 is 0. The smallest absolute Gasteiger partial charge is 0.170 e. The first kappa shape index (κ1) is 10.00. The number of alkyl halides is 1. The van der Waals surface area contributed by atoms with Gasteiger partial charge in [-0.2, -0.15) is 0 Å². The van der Waals surface area contributed by atoms with Crippen molar-refractivity contribution in [2.75, 3.05) is 26.3 Å². The molecular weight excluding hydrogens is 197 g/mol. The van der Waals surface area contributed by atoms with Crippen molar-refractivity contribution in [3.05, 3.63) is 0 Å². The summed E-state index contributed by atoms with van der Waals surface area (Å²) in [6.45, 7) is 3.28. The monoisotopic (exact) mass is 215 g/mol. The van der Waals surface area contributed by atoms with E-state index in [1.807, 2.05) is 0 Å². The van der Waals surface area contributed by atoms with Crippen molar-refractivity contribution in [3.8, 4) is 0 Å². The summed E-state index contributed by atoms with van der Waals surface area (Å²) in [5.41, 5.74) is 0. The topological polar surface area (TPSA) is 21.7 Å². The summed E-state index contributed by atoms with van der Waals surface area (Å²) in [7, 11) is 0. The highest BCUT2D eigenvalue weighted by molar-refractivity contribution is 4.93. The van der Waals surface area contributed by atoms with Gasteiger partial charge in [-0.1, -0.05) is 0 Å². The average molecular weight is 215 g/mol. The Morgan fingerprint density at radius 1 is 1.07 bits per heavy atom. The molecule has 0 N–H and O–H groups in total. The predicted octanol–water partition coefficient (Wildman–Crippen LogP) is 1.33. The molecule has 2 heterocycles. The minimum atomic E-state index is -0.593. The van der Waals surface area contributed by atoms with Gasteiger partial charge in [0.15, 0.2) is 5.79 Å². The fourth-order valence-electron chi connectivity index (χ4n) is 2.84. The van der Waals surface area contributed by atoms with E-state index in [9.17, 15) is 4.39 Å². The Bertz CT molecular complexity index is 233. The van der Waals surface area contributed by atoms with Gasteiger partial charge in [0.25, 0.3) is 0 Å². The molecule has 0 amide bonds. The maximum absolute atomic E-state index is 13.2. The lowest BCUT2D eigenvalue weighted by Crippen LogP contribution is -2.54. The molecule has 2 unspecified atom stereocenters. The van der Waals surface area contributed by atoms with E-state index in [-0.39, 0.29) is 11.8 Å². The van der Waals surface area contributed by atoms with Crippen molar-refractivity contribution in [1.82, 2.24) is 4.90 Å². The molecule has 1 saturated carbocycles. The van der Waals surface area contributed by atoms with Gasteiger partial charge in [0, 0.05) is 32.0 Å². The Hall–Kier alpha value is -0.190. The lowest BCUT2D eigenvalue weighted by Gasteiger charge is -2.45. The summed E-state index contributed by atoms with van der Waals surface area (Å²) in [4.78, 5) is 2.27. The van der Waals surface area contributed by atoms with Gasteiger partial charge in [-0.25, -0.2) is 4.39 Å². The second-order valence-corrected chi connectivity index (χ2v) is 4.80. The molecule has 3 rings (SSSR count). The first-order chi connectivity index (χ1) is 7.29. The van der Waals surface area contributed by atoms with E-state index in [1.165, 1.54) is 0 Å². The van der Waals surface area contributed by atoms with Crippen molar-refractivity contribution in [2.45, 2.75) is 43.7 Å². The zero-order valence-electron chi connectivity index (χ0n) is 8.95. The molecule has 1 spiro atoms. The van der Waals surface area contributed by atoms with Crippen LogP contribution >= 0.6 is 0 Å². The molecule has 0 aromatic rings. The molecular formula is C11H18FNO2. The van der Waals surface area contributed by atoms with Crippen LogP contribution in [0.2, 0.25) is 0 Å². The van der Waals surface area contributed by atoms with Crippen LogP contribution in [0.4, 0.5) is 4.39 Å². The van der Waals surface area contributed by atoms with E-state index in [0.29, 0.717) is 0 Å². The highest BCUT2D eigenvalue weighted by atomic mass is 19.1. The van der Waals surface area contributed by atoms with E-state index in [1.54, 1.807) is 0 Å². The molecule has 0 aromatic carbocycles. The van der Waals surface area contributed by atoms with Gasteiger partial charge in [0.05, 0.1) is 13.2 Å². The molecule has 15 heavy (non-hydrogen) atoms. The van der Waals surface area contributed by atoms with Gasteiger partial charge in [0.2, 0.25) is 0 Å². The molecule has 4 heteroatoms. The molecule has 3 aliphatic rings. The molecule has 0 radical (unpaired) electrons. The van der Waals surface area contributed by atoms with Gasteiger partial charge in [-0.15, -0.1) is 0 Å². The summed E-state index contributed by atoms with van der Waals surface area (Å²) in [5.74, 6) is -0.313. The van der Waals surface area contributed by atoms with Gasteiger partial charge in [-0.3, -0.25) is 4.90 Å². The maximum Gasteiger partial charge on any atom is 0.170 e. The van der Waals surface area contributed by atoms with Crippen LogP contribution in [0, 0.1) is 0 Å². The number of hydrogen-bond acceptors (Lipinski definition) is 3. The summed E-state index contributed by atoms with van der Waals surface area (Å²) in [5, 5.41) is 0. The minimum absolute atomic E-state index is 0.184. The van der Waals surface area contributed by atoms with Crippen molar-refractivity contribution in [1.29, 1.82) is 0 Å². The molecule has 0 aromatic heterocycles. The summed E-state index contributed by atoms with van der Waals surface area (Å²) in [6.07, 6.45) is 2.98. The van der Waals surface area contributed by atoms with Crippen LogP contribution in [0.15, 0.2) is 0 Å². The van der Waals surface area contributed by atoms with E-state index in [2.05, 4.69) is 4.90 Å². The summed E-state index contributed by atoms with van der Waals surface area (Å²) < 4.78 is 24.5. The SMILES string of the molecule is FC1CCC1N1CCC2(CC1)OCCO2.